The van der Waals surface area contributed by atoms with E-state index in [1.165, 1.54) is 114 Å². The fourth-order valence-corrected chi connectivity index (χ4v) is 73.3. The van der Waals surface area contributed by atoms with Crippen LogP contribution >= 0.6 is 0 Å². The summed E-state index contributed by atoms with van der Waals surface area (Å²) in [6.07, 6.45) is 25.4. The SMILES string of the molecule is CCC(C)(C)C(=O)O.CCC(C)(C)C(=O)OC12CC3CC(C1)CC(C(=O)OCCS(=O)(=O)[O-])(C3)C2.CCC(C)(C)C(=O)OCCC[Si](C)(C)O[Si](C)(C)O[Si](C)(C)O[Si](C)(C)O[Si](C)(C)O[Si](C)(C)O[Si](C)(C)O[Si](C)(C)O[Si](C)(C)O[Si](C)(C)O[Si](C)(C)C.CCCCCC(CC)COCCOCCOC(=O)C(C)(C)CC.CCCC[N+](CCCC)(CCCC)CCCC. The van der Waals surface area contributed by atoms with Gasteiger partial charge in [0, 0.05) is 13.0 Å². The quantitative estimate of drug-likeness (QED) is 0.0148. The molecule has 38 heteroatoms. The van der Waals surface area contributed by atoms with Gasteiger partial charge in [0.25, 0.3) is 0 Å². The number of carboxylic acids is 1. The van der Waals surface area contributed by atoms with Crippen LogP contribution in [-0.4, -0.2) is 230 Å². The summed E-state index contributed by atoms with van der Waals surface area (Å²) in [4.78, 5) is 59.9. The van der Waals surface area contributed by atoms with Crippen LogP contribution in [0.15, 0.2) is 0 Å². The molecule has 0 saturated heterocycles. The largest absolute Gasteiger partial charge is 0.748 e. The summed E-state index contributed by atoms with van der Waals surface area (Å²) in [6.45, 7) is 93.1. The summed E-state index contributed by atoms with van der Waals surface area (Å²) < 4.78 is 134. The molecular weight excluding hydrogens is 1860 g/mol. The van der Waals surface area contributed by atoms with Crippen molar-refractivity contribution in [1.29, 1.82) is 0 Å². The van der Waals surface area contributed by atoms with Crippen LogP contribution in [0, 0.1) is 44.8 Å². The Hall–Kier alpha value is -0.874. The van der Waals surface area contributed by atoms with E-state index in [9.17, 15) is 36.9 Å². The van der Waals surface area contributed by atoms with Gasteiger partial charge in [-0.15, -0.1) is 0 Å². The fourth-order valence-electron chi connectivity index (χ4n) is 17.7. The van der Waals surface area contributed by atoms with E-state index in [1.54, 1.807) is 13.8 Å². The summed E-state index contributed by atoms with van der Waals surface area (Å²) in [7, 11) is -32.0. The molecule has 0 aromatic carbocycles. The minimum Gasteiger partial charge on any atom is -0.748 e. The molecule has 0 aromatic heterocycles. The second-order valence-corrected chi connectivity index (χ2v) is 88.6. The van der Waals surface area contributed by atoms with Gasteiger partial charge in [-0.2, -0.15) is 0 Å². The third-order valence-electron chi connectivity index (χ3n) is 24.2. The third kappa shape index (κ3) is 56.5. The number of aliphatic carboxylic acids is 1. The number of rotatable bonds is 62. The molecule has 4 rings (SSSR count). The molecule has 4 bridgehead atoms. The van der Waals surface area contributed by atoms with Crippen molar-refractivity contribution in [2.24, 2.45) is 44.8 Å². The number of carboxylic acid groups (broad SMARTS) is 1. The standard InChI is InChI=1S/C32H86O12Si11.C19H30O7S.C19H38O4.C16H36N.C6H12O2/c1-27-32(2,3)31(33)34-29-28-30-46(7,8)36-48(11,12)38-50(15,16)40-52(19,20)42-54(23,24)44-55(25,26)43-53(21,22)41-51(17,18)39-49(13,14)37-47(9,10)35-45(4,5)6;1-4-17(2,3)15(20)26-19-10-13-7-14(11-19)9-18(8-13,12-19)16(21)25-5-6-27(22,23)24;1-6-9-10-11-17(7-2)16-22-13-12-21-14-15-23-18(20)19(4,5)8-3;1-5-9-13-17(14-10-6-2,15-11-7-3)16-12-8-4;1-4-6(2,3)5(7)8/h27-30H2,1-26H3;13-14H,4-12H2,1-3H3,(H,22,23,24);17H,6-16H2,1-5H3;5-16H2,1-4H3;4H2,1-3H3,(H,7,8)/q;;;+1;/p-1. The molecule has 0 spiro atoms. The lowest BCUT2D eigenvalue weighted by molar-refractivity contribution is -0.929. The highest BCUT2D eigenvalue weighted by molar-refractivity contribution is 7.85. The topological polar surface area (TPSA) is 310 Å². The predicted molar refractivity (Wildman–Crippen MR) is 555 cm³/mol. The van der Waals surface area contributed by atoms with Crippen LogP contribution < -0.4 is 0 Å². The van der Waals surface area contributed by atoms with Crippen molar-refractivity contribution in [2.45, 2.75) is 441 Å². The minimum absolute atomic E-state index is 0.143. The number of hydrogen-bond donors (Lipinski definition) is 1. The van der Waals surface area contributed by atoms with Crippen LogP contribution in [0.5, 0.6) is 0 Å². The maximum absolute atomic E-state index is 12.8. The molecule has 26 nitrogen and oxygen atoms in total. The maximum atomic E-state index is 12.8. The number of ether oxygens (including phenoxy) is 6. The maximum Gasteiger partial charge on any atom is 0.314 e. The number of hydrogen-bond acceptors (Lipinski definition) is 24. The first-order valence-electron chi connectivity index (χ1n) is 49.8. The van der Waals surface area contributed by atoms with E-state index >= 15 is 0 Å². The number of unbranched alkanes of at least 4 members (excludes halogenated alkanes) is 6. The molecule has 3 atom stereocenters. The zero-order chi connectivity index (χ0) is 102. The predicted octanol–water partition coefficient (Wildman–Crippen LogP) is 24.4. The molecule has 3 unspecified atom stereocenters. The van der Waals surface area contributed by atoms with E-state index in [0.29, 0.717) is 82.9 Å². The number of quaternary nitrogens is 1. The van der Waals surface area contributed by atoms with Gasteiger partial charge in [0.15, 0.2) is 16.6 Å². The fraction of sp³-hybridized carbons (Fsp3) is 0.946. The van der Waals surface area contributed by atoms with Crippen molar-refractivity contribution in [3.05, 3.63) is 0 Å². The highest BCUT2D eigenvalue weighted by atomic mass is 32.2. The normalized spacial score (nSPS) is 18.4. The van der Waals surface area contributed by atoms with E-state index in [2.05, 4.69) is 192 Å². The lowest BCUT2D eigenvalue weighted by atomic mass is 9.48. The first-order chi connectivity index (χ1) is 58.9. The Balaban J connectivity index is 0. The minimum atomic E-state index is -4.42. The number of carbonyl (C=O) groups excluding carboxylic acids is 4. The molecule has 0 aliphatic heterocycles. The lowest BCUT2D eigenvalue weighted by Gasteiger charge is -2.60. The monoisotopic (exact) mass is 2060 g/mol. The van der Waals surface area contributed by atoms with E-state index in [0.717, 1.165) is 51.2 Å². The van der Waals surface area contributed by atoms with Gasteiger partial charge in [0.2, 0.25) is 0 Å². The number of carbonyl (C=O) groups is 5. The summed E-state index contributed by atoms with van der Waals surface area (Å²) in [6, 6.07) is 0.872. The second-order valence-electron chi connectivity index (χ2n) is 45.4. The first kappa shape index (κ1) is 131. The summed E-state index contributed by atoms with van der Waals surface area (Å²) in [5, 5.41) is 8.44. The van der Waals surface area contributed by atoms with E-state index in [4.69, 9.17) is 74.7 Å². The van der Waals surface area contributed by atoms with E-state index < -0.39 is 161 Å². The van der Waals surface area contributed by atoms with Gasteiger partial charge in [-0.05, 0) is 326 Å². The number of nitrogens with zero attached hydrogens (tertiary/aromatic N) is 1. The molecule has 4 fully saturated rings. The summed E-state index contributed by atoms with van der Waals surface area (Å²) in [5.41, 5.74) is -3.33. The van der Waals surface area contributed by atoms with Gasteiger partial charge in [0.05, 0.1) is 95.6 Å². The van der Waals surface area contributed by atoms with Gasteiger partial charge in [-0.1, -0.05) is 121 Å². The average Bonchev–Trinajstić information content (AvgIpc) is 0.713. The van der Waals surface area contributed by atoms with Crippen LogP contribution in [-0.2, 0) is 104 Å². The molecule has 4 aliphatic rings. The van der Waals surface area contributed by atoms with Gasteiger partial charge < -0.3 is 83.7 Å². The van der Waals surface area contributed by atoms with Gasteiger partial charge in [0.1, 0.15) is 18.8 Å². The Morgan fingerprint density at radius 1 is 0.400 bits per heavy atom. The van der Waals surface area contributed by atoms with Crippen LogP contribution in [0.4, 0.5) is 0 Å². The van der Waals surface area contributed by atoms with Crippen LogP contribution in [0.25, 0.3) is 0 Å². The van der Waals surface area contributed by atoms with Gasteiger partial charge in [-0.25, -0.2) is 8.42 Å². The van der Waals surface area contributed by atoms with Crippen molar-refractivity contribution in [1.82, 2.24) is 0 Å². The molecule has 0 radical (unpaired) electrons. The smallest absolute Gasteiger partial charge is 0.314 e. The first-order valence-corrected chi connectivity index (χ1v) is 83.3. The van der Waals surface area contributed by atoms with Crippen LogP contribution in [0.2, 0.25) is 157 Å². The molecule has 4 aliphatic carbocycles. The Morgan fingerprint density at radius 3 is 1.05 bits per heavy atom. The molecule has 0 aromatic rings. The molecule has 774 valence electrons. The second kappa shape index (κ2) is 57.3. The van der Waals surface area contributed by atoms with Crippen molar-refractivity contribution in [3.8, 4) is 0 Å². The Bertz CT molecular complexity index is 3320. The van der Waals surface area contributed by atoms with Gasteiger partial charge in [-0.3, -0.25) is 24.0 Å². The Morgan fingerprint density at radius 2 is 0.731 bits per heavy atom. The third-order valence-corrected chi connectivity index (χ3v) is 66.5. The molecular formula is C92H201NO25SSi11. The van der Waals surface area contributed by atoms with Crippen LogP contribution in [0.1, 0.15) is 279 Å². The zero-order valence-corrected chi connectivity index (χ0v) is 103. The van der Waals surface area contributed by atoms with E-state index in [-0.39, 0.29) is 17.9 Å². The molecule has 130 heavy (non-hydrogen) atoms. The number of esters is 4. The Labute approximate surface area is 808 Å². The van der Waals surface area contributed by atoms with Crippen molar-refractivity contribution in [3.63, 3.8) is 0 Å². The Kier molecular flexibility index (Phi) is 57.8. The van der Waals surface area contributed by atoms with Gasteiger partial charge >= 0.3 is 107 Å². The molecule has 4 saturated carbocycles. The zero-order valence-electron chi connectivity index (χ0n) is 91.0. The van der Waals surface area contributed by atoms with Crippen molar-refractivity contribution < 1.29 is 116 Å². The average molecular weight is 2060 g/mol. The molecule has 0 amide bonds. The van der Waals surface area contributed by atoms with E-state index in [1.807, 2.05) is 69.2 Å². The highest BCUT2D eigenvalue weighted by Gasteiger charge is 2.64. The summed E-state index contributed by atoms with van der Waals surface area (Å²) >= 11 is 0. The lowest BCUT2D eigenvalue weighted by Crippen LogP contribution is -2.62. The summed E-state index contributed by atoms with van der Waals surface area (Å²) in [5.74, 6) is -1.14. The van der Waals surface area contributed by atoms with Crippen molar-refractivity contribution in [2.75, 3.05) is 78.2 Å². The highest BCUT2D eigenvalue weighted by Crippen LogP contribution is 2.63. The molecule has 0 heterocycles. The molecule has 1 N–H and O–H groups in total. The van der Waals surface area contributed by atoms with Crippen LogP contribution in [0.3, 0.4) is 0 Å². The van der Waals surface area contributed by atoms with Crippen molar-refractivity contribution >= 4 is 134 Å².